The zero-order chi connectivity index (χ0) is 8.70. The van der Waals surface area contributed by atoms with Crippen LogP contribution >= 0.6 is 0 Å². The molecule has 0 amide bonds. The van der Waals surface area contributed by atoms with Crippen molar-refractivity contribution in [3.63, 3.8) is 0 Å². The Morgan fingerprint density at radius 1 is 1.64 bits per heavy atom. The van der Waals surface area contributed by atoms with Gasteiger partial charge in [0, 0.05) is 0 Å². The van der Waals surface area contributed by atoms with Crippen molar-refractivity contribution in [2.24, 2.45) is 0 Å². The molecule has 0 aliphatic carbocycles. The number of hydrogen-bond acceptors (Lipinski definition) is 2. The third-order valence-corrected chi connectivity index (χ3v) is 1.65. The third-order valence-electron chi connectivity index (χ3n) is 1.65. The van der Waals surface area contributed by atoms with Crippen LogP contribution in [0.15, 0.2) is 0 Å². The number of ether oxygens (including phenoxy) is 1. The molecule has 5 heteroatoms. The van der Waals surface area contributed by atoms with Gasteiger partial charge in [-0.05, 0) is 6.92 Å². The van der Waals surface area contributed by atoms with Crippen molar-refractivity contribution in [2.75, 3.05) is 6.61 Å². The number of hydrogen-bond donors (Lipinski definition) is 1. The normalized spacial score (nSPS) is 35.5. The van der Waals surface area contributed by atoms with Crippen molar-refractivity contribution < 1.29 is 23.4 Å². The first kappa shape index (κ1) is 8.39. The molecule has 0 aromatic rings. The quantitative estimate of drug-likeness (QED) is 0.629. The monoisotopic (exact) mass is 166 g/mol. The van der Waals surface area contributed by atoms with E-state index < -0.39 is 30.5 Å². The first-order chi connectivity index (χ1) is 4.86. The molecule has 1 N–H and O–H groups in total. The molecule has 1 atom stereocenters. The van der Waals surface area contributed by atoms with Gasteiger partial charge in [-0.15, -0.1) is 0 Å². The molecular weight excluding hydrogens is 158 g/mol. The van der Waals surface area contributed by atoms with Crippen LogP contribution in [0.3, 0.4) is 0 Å². The molecule has 0 saturated carbocycles. The van der Waals surface area contributed by atoms with Crippen molar-refractivity contribution in [1.29, 1.82) is 0 Å². The molecule has 1 fully saturated rings. The van der Waals surface area contributed by atoms with Crippen LogP contribution in [0.25, 0.3) is 0 Å². The third kappa shape index (κ3) is 1.48. The molecule has 1 unspecified atom stereocenters. The van der Waals surface area contributed by atoms with Crippen LogP contribution in [0.2, 0.25) is 0 Å². The topological polar surface area (TPSA) is 46.5 Å². The van der Waals surface area contributed by atoms with E-state index in [-0.39, 0.29) is 0 Å². The summed E-state index contributed by atoms with van der Waals surface area (Å²) in [6.07, 6.45) is -0.741. The minimum Gasteiger partial charge on any atom is -0.479 e. The lowest BCUT2D eigenvalue weighted by Crippen LogP contribution is -2.35. The first-order valence-electron chi connectivity index (χ1n) is 3.11. The number of rotatable bonds is 1. The van der Waals surface area contributed by atoms with E-state index in [1.807, 2.05) is 0 Å². The van der Waals surface area contributed by atoms with Gasteiger partial charge in [0.25, 0.3) is 5.92 Å². The fourth-order valence-corrected chi connectivity index (χ4v) is 0.998. The summed E-state index contributed by atoms with van der Waals surface area (Å²) in [6.45, 7) is 0.353. The van der Waals surface area contributed by atoms with Gasteiger partial charge in [-0.1, -0.05) is 0 Å². The highest BCUT2D eigenvalue weighted by molar-refractivity contribution is 5.77. The molecule has 0 radical (unpaired) electrons. The van der Waals surface area contributed by atoms with Gasteiger partial charge in [0.2, 0.25) is 0 Å². The number of alkyl halides is 2. The molecule has 0 aromatic heterocycles. The average molecular weight is 166 g/mol. The van der Waals surface area contributed by atoms with E-state index in [0.717, 1.165) is 6.92 Å². The summed E-state index contributed by atoms with van der Waals surface area (Å²) in [5.41, 5.74) is -1.70. The second kappa shape index (κ2) is 2.14. The number of carbonyl (C=O) groups is 1. The summed E-state index contributed by atoms with van der Waals surface area (Å²) in [6, 6.07) is 0. The van der Waals surface area contributed by atoms with Gasteiger partial charge < -0.3 is 9.84 Å². The predicted molar refractivity (Wildman–Crippen MR) is 31.6 cm³/mol. The molecule has 64 valence electrons. The van der Waals surface area contributed by atoms with Crippen LogP contribution in [-0.4, -0.2) is 29.2 Å². The molecule has 0 aromatic carbocycles. The van der Waals surface area contributed by atoms with E-state index in [2.05, 4.69) is 4.74 Å². The molecule has 1 aliphatic rings. The minimum atomic E-state index is -2.99. The van der Waals surface area contributed by atoms with Crippen molar-refractivity contribution >= 4 is 5.97 Å². The van der Waals surface area contributed by atoms with E-state index in [4.69, 9.17) is 5.11 Å². The molecule has 11 heavy (non-hydrogen) atoms. The van der Waals surface area contributed by atoms with Crippen molar-refractivity contribution in [3.8, 4) is 0 Å². The molecule has 1 rings (SSSR count). The lowest BCUT2D eigenvalue weighted by Gasteiger charge is -2.15. The lowest BCUT2D eigenvalue weighted by molar-refractivity contribution is -0.157. The summed E-state index contributed by atoms with van der Waals surface area (Å²) >= 11 is 0. The highest BCUT2D eigenvalue weighted by Gasteiger charge is 2.52. The van der Waals surface area contributed by atoms with Gasteiger partial charge >= 0.3 is 5.97 Å². The highest BCUT2D eigenvalue weighted by Crippen LogP contribution is 2.36. The fraction of sp³-hybridized carbons (Fsp3) is 0.833. The maximum absolute atomic E-state index is 12.4. The Morgan fingerprint density at radius 2 is 2.18 bits per heavy atom. The van der Waals surface area contributed by atoms with Crippen LogP contribution in [-0.2, 0) is 9.53 Å². The van der Waals surface area contributed by atoms with Crippen LogP contribution in [0.4, 0.5) is 8.78 Å². The number of halogens is 2. The molecule has 0 bridgehead atoms. The van der Waals surface area contributed by atoms with Gasteiger partial charge in [-0.3, -0.25) is 0 Å². The summed E-state index contributed by atoms with van der Waals surface area (Å²) in [7, 11) is 0. The molecule has 3 nitrogen and oxygen atoms in total. The first-order valence-corrected chi connectivity index (χ1v) is 3.11. The van der Waals surface area contributed by atoms with Gasteiger partial charge in [0.05, 0.1) is 6.42 Å². The SMILES string of the molecule is CC1(C(=O)O)CC(F)(F)CO1. The van der Waals surface area contributed by atoms with Gasteiger partial charge in [0.15, 0.2) is 5.60 Å². The maximum atomic E-state index is 12.4. The van der Waals surface area contributed by atoms with Gasteiger partial charge in [-0.25, -0.2) is 13.6 Å². The largest absolute Gasteiger partial charge is 0.479 e. The van der Waals surface area contributed by atoms with E-state index in [0.29, 0.717) is 0 Å². The van der Waals surface area contributed by atoms with Crippen molar-refractivity contribution in [2.45, 2.75) is 24.9 Å². The van der Waals surface area contributed by atoms with E-state index in [1.54, 1.807) is 0 Å². The van der Waals surface area contributed by atoms with Crippen LogP contribution in [0, 0.1) is 0 Å². The van der Waals surface area contributed by atoms with Crippen molar-refractivity contribution in [3.05, 3.63) is 0 Å². The number of aliphatic carboxylic acids is 1. The summed E-state index contributed by atoms with van der Waals surface area (Å²) in [5.74, 6) is -4.33. The Morgan fingerprint density at radius 3 is 2.36 bits per heavy atom. The van der Waals surface area contributed by atoms with Crippen LogP contribution in [0.1, 0.15) is 13.3 Å². The molecular formula is C6H8F2O3. The van der Waals surface area contributed by atoms with E-state index >= 15 is 0 Å². The highest BCUT2D eigenvalue weighted by atomic mass is 19.3. The van der Waals surface area contributed by atoms with Crippen LogP contribution in [0.5, 0.6) is 0 Å². The van der Waals surface area contributed by atoms with Gasteiger partial charge in [-0.2, -0.15) is 0 Å². The molecule has 0 spiro atoms. The molecule has 1 saturated heterocycles. The Labute approximate surface area is 62.0 Å². The van der Waals surface area contributed by atoms with E-state index in [9.17, 15) is 13.6 Å². The summed E-state index contributed by atoms with van der Waals surface area (Å²) in [4.78, 5) is 10.4. The average Bonchev–Trinajstić information content (AvgIpc) is 2.08. The summed E-state index contributed by atoms with van der Waals surface area (Å²) < 4.78 is 29.3. The van der Waals surface area contributed by atoms with Gasteiger partial charge in [0.1, 0.15) is 6.61 Å². The zero-order valence-corrected chi connectivity index (χ0v) is 5.93. The molecule has 1 heterocycles. The lowest BCUT2D eigenvalue weighted by atomic mass is 10.0. The molecule has 1 aliphatic heterocycles. The Bertz CT molecular complexity index is 192. The predicted octanol–water partition coefficient (Wildman–Crippen LogP) is 0.885. The smallest absolute Gasteiger partial charge is 0.335 e. The minimum absolute atomic E-state index is 0.741. The number of carboxylic acids is 1. The Kier molecular flexibility index (Phi) is 1.63. The second-order valence-corrected chi connectivity index (χ2v) is 2.86. The van der Waals surface area contributed by atoms with E-state index in [1.165, 1.54) is 0 Å². The Balaban J connectivity index is 2.73. The van der Waals surface area contributed by atoms with Crippen LogP contribution < -0.4 is 0 Å². The Hall–Kier alpha value is -0.710. The zero-order valence-electron chi connectivity index (χ0n) is 5.93. The number of carboxylic acid groups (broad SMARTS) is 1. The maximum Gasteiger partial charge on any atom is 0.335 e. The van der Waals surface area contributed by atoms with Crippen molar-refractivity contribution in [1.82, 2.24) is 0 Å². The fourth-order valence-electron chi connectivity index (χ4n) is 0.998. The summed E-state index contributed by atoms with van der Waals surface area (Å²) in [5, 5.41) is 8.45. The second-order valence-electron chi connectivity index (χ2n) is 2.86. The standard InChI is InChI=1S/C6H8F2O3/c1-5(4(9)10)2-6(7,8)3-11-5/h2-3H2,1H3,(H,9,10).